The highest BCUT2D eigenvalue weighted by Gasteiger charge is 2.33. The van der Waals surface area contributed by atoms with E-state index in [0.29, 0.717) is 13.0 Å². The molecule has 0 aliphatic carbocycles. The number of allylic oxidation sites excluding steroid dienone is 1. The summed E-state index contributed by atoms with van der Waals surface area (Å²) in [6.07, 6.45) is 5.16. The van der Waals surface area contributed by atoms with Crippen molar-refractivity contribution in [3.8, 4) is 0 Å². The Hall–Kier alpha value is -1.32. The molecule has 1 aliphatic heterocycles. The third-order valence-corrected chi connectivity index (χ3v) is 3.02. The predicted molar refractivity (Wildman–Crippen MR) is 65.4 cm³/mol. The molecular formula is C13H21NO3. The maximum Gasteiger partial charge on any atom is 0.328 e. The van der Waals surface area contributed by atoms with Gasteiger partial charge in [-0.3, -0.25) is 4.79 Å². The second-order valence-electron chi connectivity index (χ2n) is 4.45. The van der Waals surface area contributed by atoms with E-state index in [2.05, 4.69) is 6.92 Å². The van der Waals surface area contributed by atoms with Crippen LogP contribution in [0.4, 0.5) is 0 Å². The average Bonchev–Trinajstić information content (AvgIpc) is 2.77. The normalized spacial score (nSPS) is 20.5. The fraction of sp³-hybridized carbons (Fsp3) is 0.692. The number of ether oxygens (including phenoxy) is 1. The predicted octanol–water partition coefficient (Wildman–Crippen LogP) is 1.90. The third kappa shape index (κ3) is 3.58. The Kier molecular flexibility index (Phi) is 5.19. The van der Waals surface area contributed by atoms with Crippen molar-refractivity contribution in [2.45, 2.75) is 45.6 Å². The van der Waals surface area contributed by atoms with Gasteiger partial charge >= 0.3 is 5.97 Å². The molecule has 0 spiro atoms. The first kappa shape index (κ1) is 13.7. The van der Waals surface area contributed by atoms with Crippen LogP contribution in [0.25, 0.3) is 0 Å². The van der Waals surface area contributed by atoms with Crippen molar-refractivity contribution in [2.24, 2.45) is 0 Å². The number of rotatable bonds is 4. The first-order valence-electron chi connectivity index (χ1n) is 6.15. The molecule has 1 heterocycles. The van der Waals surface area contributed by atoms with Gasteiger partial charge in [-0.2, -0.15) is 0 Å². The number of likely N-dealkylation sites (tertiary alicyclic amines) is 1. The lowest BCUT2D eigenvalue weighted by atomic mass is 10.1. The third-order valence-electron chi connectivity index (χ3n) is 3.02. The zero-order valence-corrected chi connectivity index (χ0v) is 10.9. The quantitative estimate of drug-likeness (QED) is 0.556. The monoisotopic (exact) mass is 239 g/mol. The molecule has 0 saturated carbocycles. The number of amides is 1. The summed E-state index contributed by atoms with van der Waals surface area (Å²) >= 11 is 0. The summed E-state index contributed by atoms with van der Waals surface area (Å²) in [7, 11) is 1.36. The minimum Gasteiger partial charge on any atom is -0.467 e. The number of hydrogen-bond donors (Lipinski definition) is 0. The minimum absolute atomic E-state index is 0.0659. The molecule has 1 rings (SSSR count). The molecule has 1 atom stereocenters. The van der Waals surface area contributed by atoms with E-state index in [4.69, 9.17) is 4.74 Å². The topological polar surface area (TPSA) is 46.6 Å². The Balaban J connectivity index is 2.68. The van der Waals surface area contributed by atoms with Crippen LogP contribution in [-0.4, -0.2) is 36.5 Å². The van der Waals surface area contributed by atoms with Gasteiger partial charge in [-0.1, -0.05) is 18.9 Å². The molecule has 1 aliphatic rings. The van der Waals surface area contributed by atoms with Crippen LogP contribution in [0.15, 0.2) is 11.6 Å². The van der Waals surface area contributed by atoms with Crippen LogP contribution in [0.2, 0.25) is 0 Å². The Morgan fingerprint density at radius 1 is 1.47 bits per heavy atom. The van der Waals surface area contributed by atoms with Gasteiger partial charge in [0.25, 0.3) is 0 Å². The number of esters is 1. The van der Waals surface area contributed by atoms with E-state index in [1.807, 2.05) is 6.92 Å². The Bertz CT molecular complexity index is 323. The van der Waals surface area contributed by atoms with Crippen molar-refractivity contribution in [2.75, 3.05) is 13.7 Å². The van der Waals surface area contributed by atoms with Gasteiger partial charge in [0.15, 0.2) is 0 Å². The van der Waals surface area contributed by atoms with E-state index in [-0.39, 0.29) is 11.9 Å². The number of methoxy groups -OCH3 is 1. The second kappa shape index (κ2) is 6.42. The van der Waals surface area contributed by atoms with Crippen molar-refractivity contribution in [1.29, 1.82) is 0 Å². The van der Waals surface area contributed by atoms with E-state index in [0.717, 1.165) is 24.8 Å². The Labute approximate surface area is 103 Å². The average molecular weight is 239 g/mol. The minimum atomic E-state index is -0.391. The molecule has 1 amide bonds. The summed E-state index contributed by atoms with van der Waals surface area (Å²) in [5, 5.41) is 0. The highest BCUT2D eigenvalue weighted by molar-refractivity contribution is 5.92. The van der Waals surface area contributed by atoms with Crippen LogP contribution >= 0.6 is 0 Å². The van der Waals surface area contributed by atoms with Crippen molar-refractivity contribution in [3.05, 3.63) is 11.6 Å². The molecule has 1 unspecified atom stereocenters. The van der Waals surface area contributed by atoms with Crippen molar-refractivity contribution in [1.82, 2.24) is 4.90 Å². The smallest absolute Gasteiger partial charge is 0.328 e. The van der Waals surface area contributed by atoms with Crippen LogP contribution in [0, 0.1) is 0 Å². The van der Waals surface area contributed by atoms with E-state index >= 15 is 0 Å². The highest BCUT2D eigenvalue weighted by atomic mass is 16.5. The standard InChI is InChI=1S/C13H21NO3/c1-4-6-10(2)9-12(15)14-8-5-7-11(14)13(16)17-3/h9,11H,4-8H2,1-3H3. The molecule has 0 radical (unpaired) electrons. The van der Waals surface area contributed by atoms with Crippen molar-refractivity contribution in [3.63, 3.8) is 0 Å². The molecule has 0 bridgehead atoms. The molecule has 1 fully saturated rings. The van der Waals surface area contributed by atoms with Crippen LogP contribution < -0.4 is 0 Å². The fourth-order valence-electron chi connectivity index (χ4n) is 2.17. The van der Waals surface area contributed by atoms with Crippen molar-refractivity contribution >= 4 is 11.9 Å². The van der Waals surface area contributed by atoms with Gasteiger partial charge < -0.3 is 9.64 Å². The molecule has 1 saturated heterocycles. The number of nitrogens with zero attached hydrogens (tertiary/aromatic N) is 1. The highest BCUT2D eigenvalue weighted by Crippen LogP contribution is 2.19. The summed E-state index contributed by atoms with van der Waals surface area (Å²) < 4.78 is 4.71. The summed E-state index contributed by atoms with van der Waals surface area (Å²) in [6, 6.07) is -0.391. The van der Waals surface area contributed by atoms with Gasteiger partial charge in [0, 0.05) is 12.6 Å². The first-order valence-corrected chi connectivity index (χ1v) is 6.15. The lowest BCUT2D eigenvalue weighted by molar-refractivity contribution is -0.149. The molecule has 4 heteroatoms. The molecule has 0 aromatic carbocycles. The number of hydrogen-bond acceptors (Lipinski definition) is 3. The van der Waals surface area contributed by atoms with E-state index in [9.17, 15) is 9.59 Å². The molecule has 0 aromatic rings. The molecule has 4 nitrogen and oxygen atoms in total. The fourth-order valence-corrected chi connectivity index (χ4v) is 2.17. The maximum absolute atomic E-state index is 12.0. The van der Waals surface area contributed by atoms with Gasteiger partial charge in [-0.15, -0.1) is 0 Å². The summed E-state index contributed by atoms with van der Waals surface area (Å²) in [6.45, 7) is 4.67. The summed E-state index contributed by atoms with van der Waals surface area (Å²) in [5.41, 5.74) is 1.06. The molecule has 0 N–H and O–H groups in total. The van der Waals surface area contributed by atoms with Gasteiger partial charge in [0.05, 0.1) is 7.11 Å². The van der Waals surface area contributed by atoms with Crippen LogP contribution in [0.3, 0.4) is 0 Å². The van der Waals surface area contributed by atoms with E-state index in [1.54, 1.807) is 11.0 Å². The summed E-state index contributed by atoms with van der Waals surface area (Å²) in [5.74, 6) is -0.374. The van der Waals surface area contributed by atoms with Gasteiger partial charge in [-0.05, 0) is 26.2 Å². The van der Waals surface area contributed by atoms with Crippen LogP contribution in [0.1, 0.15) is 39.5 Å². The summed E-state index contributed by atoms with van der Waals surface area (Å²) in [4.78, 5) is 25.1. The van der Waals surface area contributed by atoms with Gasteiger partial charge in [0.1, 0.15) is 6.04 Å². The molecular weight excluding hydrogens is 218 g/mol. The lowest BCUT2D eigenvalue weighted by Gasteiger charge is -2.21. The number of carbonyl (C=O) groups excluding carboxylic acids is 2. The van der Waals surface area contributed by atoms with Gasteiger partial charge in [-0.25, -0.2) is 4.79 Å². The Morgan fingerprint density at radius 3 is 2.76 bits per heavy atom. The maximum atomic E-state index is 12.0. The first-order chi connectivity index (χ1) is 8.10. The van der Waals surface area contributed by atoms with Crippen molar-refractivity contribution < 1.29 is 14.3 Å². The van der Waals surface area contributed by atoms with Crippen LogP contribution in [-0.2, 0) is 14.3 Å². The molecule has 17 heavy (non-hydrogen) atoms. The Morgan fingerprint density at radius 2 is 2.18 bits per heavy atom. The second-order valence-corrected chi connectivity index (χ2v) is 4.45. The largest absolute Gasteiger partial charge is 0.467 e. The molecule has 96 valence electrons. The number of carbonyl (C=O) groups is 2. The SMILES string of the molecule is CCCC(C)=CC(=O)N1CCCC1C(=O)OC. The van der Waals surface area contributed by atoms with E-state index < -0.39 is 6.04 Å². The van der Waals surface area contributed by atoms with E-state index in [1.165, 1.54) is 7.11 Å². The zero-order valence-electron chi connectivity index (χ0n) is 10.9. The van der Waals surface area contributed by atoms with Crippen LogP contribution in [0.5, 0.6) is 0 Å². The van der Waals surface area contributed by atoms with Gasteiger partial charge in [0.2, 0.25) is 5.91 Å². The molecule has 0 aromatic heterocycles. The zero-order chi connectivity index (χ0) is 12.8. The lowest BCUT2D eigenvalue weighted by Crippen LogP contribution is -2.40.